The van der Waals surface area contributed by atoms with E-state index in [0.29, 0.717) is 29.8 Å². The minimum Gasteiger partial charge on any atom is -0.441 e. The predicted molar refractivity (Wildman–Crippen MR) is 86.4 cm³/mol. The van der Waals surface area contributed by atoms with Gasteiger partial charge < -0.3 is 10.3 Å². The molecule has 1 N–H and O–H groups in total. The summed E-state index contributed by atoms with van der Waals surface area (Å²) in [6, 6.07) is 0. The number of carbonyl (C=O) groups is 1. The zero-order valence-corrected chi connectivity index (χ0v) is 31.3. The van der Waals surface area contributed by atoms with Crippen LogP contribution in [-0.4, -0.2) is 31.9 Å². The van der Waals surface area contributed by atoms with Crippen molar-refractivity contribution < 1.29 is 177 Å². The Morgan fingerprint density at radius 1 is 1.11 bits per heavy atom. The van der Waals surface area contributed by atoms with E-state index in [0.717, 1.165) is 15.5 Å². The fourth-order valence-corrected chi connectivity index (χ4v) is 4.42. The first-order valence-electron chi connectivity index (χ1n) is 7.21. The first-order chi connectivity index (χ1) is 10.7. The molecule has 5 radical (unpaired) electrons. The maximum absolute atomic E-state index is 12.6. The van der Waals surface area contributed by atoms with Crippen molar-refractivity contribution in [2.75, 3.05) is 7.05 Å². The van der Waals surface area contributed by atoms with E-state index in [1.165, 1.54) is 7.05 Å². The number of hydrogen-bond acceptors (Lipinski definition) is 4. The van der Waals surface area contributed by atoms with Gasteiger partial charge in [0.1, 0.15) is 5.70 Å². The Kier molecular flexibility index (Phi) is 18.7. The van der Waals surface area contributed by atoms with Crippen LogP contribution >= 0.6 is 0 Å². The van der Waals surface area contributed by atoms with Crippen LogP contribution in [0.5, 0.6) is 0 Å². The number of nitrogens with one attached hydrogen (secondary N) is 1. The van der Waals surface area contributed by atoms with Crippen molar-refractivity contribution in [2.45, 2.75) is 33.6 Å². The average molecular weight is 776 g/mol. The number of aliphatic imine (C=N–C) groups is 1. The normalized spacial score (nSPS) is 18.7. The Balaban J connectivity index is -0.00000125. The molecule has 137 valence electrons. The quantitative estimate of drug-likeness (QED) is 0.434. The van der Waals surface area contributed by atoms with Gasteiger partial charge in [0.2, 0.25) is 10.0 Å². The van der Waals surface area contributed by atoms with E-state index in [4.69, 9.17) is 0 Å². The van der Waals surface area contributed by atoms with Gasteiger partial charge in [-0.2, -0.15) is 17.4 Å². The van der Waals surface area contributed by atoms with Crippen LogP contribution < -0.4 is 5.32 Å². The van der Waals surface area contributed by atoms with Gasteiger partial charge >= 0.3 is 0 Å². The number of carbonyl (C=O) groups excluding carboxylic acids is 1. The van der Waals surface area contributed by atoms with Gasteiger partial charge in [-0.25, -0.2) is 14.5 Å². The van der Waals surface area contributed by atoms with Crippen LogP contribution in [0.1, 0.15) is 33.6 Å². The largest absolute Gasteiger partial charge is 0.441 e. The molecule has 0 saturated heterocycles. The van der Waals surface area contributed by atoms with Crippen molar-refractivity contribution in [3.8, 4) is 0 Å². The second-order valence-electron chi connectivity index (χ2n) is 5.87. The number of amides is 1. The van der Waals surface area contributed by atoms with Crippen LogP contribution in [0, 0.1) is 6.08 Å². The molecular formula is C16H17N3O3SY5-2. The van der Waals surface area contributed by atoms with Crippen molar-refractivity contribution in [2.24, 2.45) is 4.99 Å². The zero-order valence-electron chi connectivity index (χ0n) is 16.3. The molecule has 0 unspecified atom stereocenters. The first kappa shape index (κ1) is 35.9. The molecule has 0 fully saturated rings. The summed E-state index contributed by atoms with van der Waals surface area (Å²) in [5.41, 5.74) is 3.18. The molecule has 2 aliphatic heterocycles. The topological polar surface area (TPSA) is 78.8 Å². The number of hydrogen-bond donors (Lipinski definition) is 1. The minimum absolute atomic E-state index is 0. The van der Waals surface area contributed by atoms with Gasteiger partial charge in [-0.3, -0.25) is 9.10 Å². The zero-order chi connectivity index (χ0) is 16.9. The van der Waals surface area contributed by atoms with Crippen LogP contribution in [0.15, 0.2) is 43.7 Å². The Hall–Kier alpha value is 3.37. The summed E-state index contributed by atoms with van der Waals surface area (Å²) in [6.45, 7) is 5.45. The van der Waals surface area contributed by atoms with Crippen LogP contribution in [0.3, 0.4) is 0 Å². The van der Waals surface area contributed by atoms with Crippen molar-refractivity contribution in [1.82, 2.24) is 9.62 Å². The monoisotopic (exact) mass is 776 g/mol. The summed E-state index contributed by atoms with van der Waals surface area (Å²) in [5, 5.41) is 2.69. The molecule has 28 heavy (non-hydrogen) atoms. The third-order valence-electron chi connectivity index (χ3n) is 4.17. The van der Waals surface area contributed by atoms with Crippen LogP contribution in [0.25, 0.3) is 0 Å². The molecule has 0 aromatic heterocycles. The molecule has 3 aliphatic rings. The van der Waals surface area contributed by atoms with Gasteiger partial charge in [0, 0.05) is 171 Å². The predicted octanol–water partition coefficient (Wildman–Crippen LogP) is 1.63. The summed E-state index contributed by atoms with van der Waals surface area (Å²) in [7, 11) is -2.36. The first-order valence-corrected chi connectivity index (χ1v) is 8.65. The van der Waals surface area contributed by atoms with E-state index in [-0.39, 0.29) is 174 Å². The van der Waals surface area contributed by atoms with E-state index >= 15 is 0 Å². The summed E-state index contributed by atoms with van der Waals surface area (Å²) in [6.07, 6.45) is 6.75. The standard InChI is InChI=1S/C16H17N3O3S.5Y/c1-9-7-12-11(3)14(19(4)23(21,22)13(12)8-9)16(20)18-15-10(2)5-6-17-15;;;;;/h5,7H2,1-4H3,(H,18,20);;;;;/q-2;;;;;. The van der Waals surface area contributed by atoms with Crippen molar-refractivity contribution in [1.29, 1.82) is 0 Å². The van der Waals surface area contributed by atoms with Gasteiger partial charge in [-0.15, -0.1) is 5.57 Å². The van der Waals surface area contributed by atoms with Crippen molar-refractivity contribution in [3.63, 3.8) is 0 Å². The Labute approximate surface area is 292 Å². The number of allylic oxidation sites excluding steroid dienone is 5. The minimum atomic E-state index is -3.75. The summed E-state index contributed by atoms with van der Waals surface area (Å²) in [5.74, 6) is -0.0420. The summed E-state index contributed by atoms with van der Waals surface area (Å²) < 4.78 is 26.3. The fraction of sp³-hybridized carbons (Fsp3) is 0.375. The molecule has 0 spiro atoms. The van der Waals surface area contributed by atoms with Crippen molar-refractivity contribution >= 4 is 22.1 Å². The average Bonchev–Trinajstić information content (AvgIpc) is 3.05. The SMILES string of the molecule is CC1=[C-]C2=C(C1)C(C)=C(C(=O)NC1=C(C)C[C-]=N1)N(C)S2(=O)=O.[Y].[Y].[Y].[Y].[Y]. The number of nitrogens with zero attached hydrogens (tertiary/aromatic N) is 2. The van der Waals surface area contributed by atoms with E-state index < -0.39 is 15.9 Å². The van der Waals surface area contributed by atoms with Crippen LogP contribution in [0.2, 0.25) is 0 Å². The molecule has 0 atom stereocenters. The fourth-order valence-electron chi connectivity index (χ4n) is 2.85. The van der Waals surface area contributed by atoms with Gasteiger partial charge in [-0.1, -0.05) is 44.1 Å². The molecule has 0 bridgehead atoms. The maximum Gasteiger partial charge on any atom is 0.256 e. The molecule has 1 amide bonds. The number of rotatable bonds is 2. The Morgan fingerprint density at radius 3 is 2.18 bits per heavy atom. The summed E-state index contributed by atoms with van der Waals surface area (Å²) in [4.78, 5) is 16.8. The van der Waals surface area contributed by atoms with Crippen LogP contribution in [0.4, 0.5) is 0 Å². The Morgan fingerprint density at radius 2 is 1.68 bits per heavy atom. The smallest absolute Gasteiger partial charge is 0.256 e. The third-order valence-corrected chi connectivity index (χ3v) is 5.94. The third kappa shape index (κ3) is 7.18. The second kappa shape index (κ2) is 14.6. The molecule has 0 saturated carbocycles. The number of likely N-dealkylation sites (N-methyl/N-ethyl adjacent to an activating group) is 1. The molecule has 3 rings (SSSR count). The molecule has 1 aliphatic carbocycles. The second-order valence-corrected chi connectivity index (χ2v) is 7.77. The van der Waals surface area contributed by atoms with Crippen molar-refractivity contribution in [3.05, 3.63) is 44.8 Å². The van der Waals surface area contributed by atoms with Gasteiger partial charge in [0.25, 0.3) is 5.91 Å². The van der Waals surface area contributed by atoms with Gasteiger partial charge in [0.05, 0.1) is 0 Å². The Bertz CT molecular complexity index is 889. The molecule has 2 heterocycles. The van der Waals surface area contributed by atoms with Gasteiger partial charge in [-0.05, 0) is 5.82 Å². The molecule has 0 aromatic carbocycles. The van der Waals surface area contributed by atoms with E-state index in [1.807, 2.05) is 13.8 Å². The van der Waals surface area contributed by atoms with Gasteiger partial charge in [0.15, 0.2) is 0 Å². The summed E-state index contributed by atoms with van der Waals surface area (Å²) >= 11 is 0. The molecule has 12 heteroatoms. The molecule has 6 nitrogen and oxygen atoms in total. The van der Waals surface area contributed by atoms with E-state index in [2.05, 4.69) is 22.6 Å². The van der Waals surface area contributed by atoms with E-state index in [1.54, 1.807) is 6.92 Å². The van der Waals surface area contributed by atoms with E-state index in [9.17, 15) is 13.2 Å². The maximum atomic E-state index is 12.6. The molecular weight excluding hydrogens is 759 g/mol. The van der Waals surface area contributed by atoms with Crippen LogP contribution in [-0.2, 0) is 178 Å². The molecule has 0 aromatic rings. The number of sulfonamides is 1.